The van der Waals surface area contributed by atoms with Crippen LogP contribution in [0.25, 0.3) is 0 Å². The minimum absolute atomic E-state index is 0.117. The highest BCUT2D eigenvalue weighted by Crippen LogP contribution is 2.43. The molecule has 2 aromatic carbocycles. The topological polar surface area (TPSA) is 79.0 Å². The highest BCUT2D eigenvalue weighted by molar-refractivity contribution is 5.23. The molecule has 0 amide bonds. The Balaban J connectivity index is 1.72. The van der Waals surface area contributed by atoms with E-state index >= 15 is 0 Å². The second-order valence-corrected chi connectivity index (χ2v) is 8.53. The van der Waals surface area contributed by atoms with E-state index in [0.717, 1.165) is 24.0 Å². The van der Waals surface area contributed by atoms with Crippen molar-refractivity contribution >= 4 is 0 Å². The molecule has 1 saturated heterocycles. The largest absolute Gasteiger partial charge is 0.368 e. The summed E-state index contributed by atoms with van der Waals surface area (Å²) in [5.41, 5.74) is 2.42. The second kappa shape index (κ2) is 12.2. The van der Waals surface area contributed by atoms with Gasteiger partial charge in [-0.3, -0.25) is 4.79 Å². The Morgan fingerprint density at radius 2 is 1.74 bits per heavy atom. The molecule has 2 heterocycles. The second-order valence-electron chi connectivity index (χ2n) is 8.53. The zero-order valence-electron chi connectivity index (χ0n) is 20.2. The molecule has 0 saturated carbocycles. The molecule has 1 N–H and O–H groups in total. The van der Waals surface area contributed by atoms with Crippen LogP contribution in [0, 0.1) is 0 Å². The fraction of sp³-hybridized carbons (Fsp3) is 0.393. The van der Waals surface area contributed by atoms with Crippen LogP contribution in [-0.2, 0) is 36.1 Å². The lowest BCUT2D eigenvalue weighted by Crippen LogP contribution is -2.50. The van der Waals surface area contributed by atoms with Gasteiger partial charge < -0.3 is 28.7 Å². The number of hydrogen-bond donors (Lipinski definition) is 1. The first-order chi connectivity index (χ1) is 17.1. The summed E-state index contributed by atoms with van der Waals surface area (Å²) < 4.78 is 30.8. The Kier molecular flexibility index (Phi) is 8.84. The van der Waals surface area contributed by atoms with E-state index in [0.29, 0.717) is 25.3 Å². The number of methoxy groups -OCH3 is 2. The summed E-state index contributed by atoms with van der Waals surface area (Å²) in [6.45, 7) is 0.953. The van der Waals surface area contributed by atoms with Gasteiger partial charge in [0.25, 0.3) is 0 Å². The molecule has 1 aliphatic rings. The Morgan fingerprint density at radius 3 is 2.43 bits per heavy atom. The summed E-state index contributed by atoms with van der Waals surface area (Å²) in [7, 11) is 3.16. The van der Waals surface area contributed by atoms with Crippen LogP contribution in [-0.4, -0.2) is 38.2 Å². The minimum Gasteiger partial charge on any atom is -0.368 e. The van der Waals surface area contributed by atoms with Crippen molar-refractivity contribution in [2.24, 2.45) is 0 Å². The molecule has 1 fully saturated rings. The minimum atomic E-state index is -1.18. The SMILES string of the molecule is COC(CC(OC1(c2ccccc2)OCCCC1OCc1ccccc1)c1cc(=O)cc[nH]1)OC. The number of H-pyrrole nitrogens is 1. The third kappa shape index (κ3) is 6.25. The zero-order chi connectivity index (χ0) is 24.5. The van der Waals surface area contributed by atoms with Gasteiger partial charge in [0.2, 0.25) is 5.79 Å². The summed E-state index contributed by atoms with van der Waals surface area (Å²) in [6.07, 6.45) is 2.07. The van der Waals surface area contributed by atoms with Gasteiger partial charge in [-0.1, -0.05) is 60.7 Å². The lowest BCUT2D eigenvalue weighted by atomic mass is 9.93. The molecule has 0 spiro atoms. The highest BCUT2D eigenvalue weighted by Gasteiger charge is 2.48. The Hall–Kier alpha value is -2.81. The van der Waals surface area contributed by atoms with Crippen molar-refractivity contribution in [2.45, 2.75) is 50.2 Å². The number of aromatic nitrogens is 1. The quantitative estimate of drug-likeness (QED) is 0.402. The maximum Gasteiger partial charge on any atom is 0.222 e. The van der Waals surface area contributed by atoms with Crippen molar-refractivity contribution in [1.29, 1.82) is 0 Å². The molecule has 1 aliphatic heterocycles. The smallest absolute Gasteiger partial charge is 0.222 e. The molecule has 0 bridgehead atoms. The predicted octanol–water partition coefficient (Wildman–Crippen LogP) is 4.69. The third-order valence-corrected chi connectivity index (χ3v) is 6.21. The van der Waals surface area contributed by atoms with E-state index in [9.17, 15) is 4.79 Å². The van der Waals surface area contributed by atoms with Crippen LogP contribution in [0.1, 0.15) is 42.2 Å². The van der Waals surface area contributed by atoms with Crippen molar-refractivity contribution in [3.05, 3.63) is 106 Å². The van der Waals surface area contributed by atoms with Gasteiger partial charge in [-0.2, -0.15) is 0 Å². The molecule has 0 aliphatic carbocycles. The maximum atomic E-state index is 12.2. The molecular formula is C28H33NO6. The van der Waals surface area contributed by atoms with Crippen LogP contribution in [0.2, 0.25) is 0 Å². The normalized spacial score (nSPS) is 21.2. The fourth-order valence-corrected chi connectivity index (χ4v) is 4.42. The number of nitrogens with one attached hydrogen (secondary N) is 1. The van der Waals surface area contributed by atoms with E-state index in [1.807, 2.05) is 60.7 Å². The molecule has 7 nitrogen and oxygen atoms in total. The van der Waals surface area contributed by atoms with Crippen LogP contribution in [0.3, 0.4) is 0 Å². The lowest BCUT2D eigenvalue weighted by Gasteiger charge is -2.45. The first-order valence-electron chi connectivity index (χ1n) is 11.9. The summed E-state index contributed by atoms with van der Waals surface area (Å²) in [5.74, 6) is -1.18. The fourth-order valence-electron chi connectivity index (χ4n) is 4.42. The van der Waals surface area contributed by atoms with E-state index < -0.39 is 18.2 Å². The van der Waals surface area contributed by atoms with E-state index in [-0.39, 0.29) is 11.5 Å². The van der Waals surface area contributed by atoms with E-state index in [1.165, 1.54) is 12.1 Å². The van der Waals surface area contributed by atoms with Crippen LogP contribution < -0.4 is 5.43 Å². The first kappa shape index (κ1) is 25.3. The van der Waals surface area contributed by atoms with Crippen molar-refractivity contribution in [2.75, 3.05) is 20.8 Å². The van der Waals surface area contributed by atoms with E-state index in [2.05, 4.69) is 4.98 Å². The van der Waals surface area contributed by atoms with E-state index in [4.69, 9.17) is 23.7 Å². The standard InChI is InChI=1S/C28H33NO6/c1-31-27(32-2)19-25(24-18-23(30)15-16-29-24)35-28(22-12-7-4-8-13-22)26(14-9-17-34-28)33-20-21-10-5-3-6-11-21/h3-8,10-13,15-16,18,25-27H,9,14,17,19-20H2,1-2H3,(H,29,30). The van der Waals surface area contributed by atoms with Crippen molar-refractivity contribution in [3.8, 4) is 0 Å². The van der Waals surface area contributed by atoms with Gasteiger partial charge in [-0.25, -0.2) is 0 Å². The number of rotatable bonds is 11. The monoisotopic (exact) mass is 479 g/mol. The predicted molar refractivity (Wildman–Crippen MR) is 132 cm³/mol. The van der Waals surface area contributed by atoms with Crippen LogP contribution in [0.5, 0.6) is 0 Å². The lowest BCUT2D eigenvalue weighted by molar-refractivity contribution is -0.343. The van der Waals surface area contributed by atoms with Crippen molar-refractivity contribution in [1.82, 2.24) is 4.98 Å². The zero-order valence-corrected chi connectivity index (χ0v) is 20.2. The molecule has 3 aromatic rings. The molecule has 7 heteroatoms. The van der Waals surface area contributed by atoms with E-state index in [1.54, 1.807) is 20.4 Å². The van der Waals surface area contributed by atoms with Gasteiger partial charge in [0.1, 0.15) is 12.2 Å². The number of aromatic amines is 1. The number of pyridine rings is 1. The number of ether oxygens (including phenoxy) is 5. The molecule has 186 valence electrons. The van der Waals surface area contributed by atoms with Crippen LogP contribution >= 0.6 is 0 Å². The van der Waals surface area contributed by atoms with Gasteiger partial charge in [-0.15, -0.1) is 0 Å². The summed E-state index contributed by atoms with van der Waals surface area (Å²) in [4.78, 5) is 15.4. The van der Waals surface area contributed by atoms with Gasteiger partial charge in [0.15, 0.2) is 11.7 Å². The maximum absolute atomic E-state index is 12.2. The average molecular weight is 480 g/mol. The van der Waals surface area contributed by atoms with Gasteiger partial charge in [-0.05, 0) is 18.4 Å². The van der Waals surface area contributed by atoms with Gasteiger partial charge in [0, 0.05) is 50.2 Å². The van der Waals surface area contributed by atoms with Crippen molar-refractivity contribution in [3.63, 3.8) is 0 Å². The summed E-state index contributed by atoms with van der Waals surface area (Å²) >= 11 is 0. The molecule has 1 aromatic heterocycles. The molecular weight excluding hydrogens is 446 g/mol. The molecule has 4 rings (SSSR count). The molecule has 0 radical (unpaired) electrons. The van der Waals surface area contributed by atoms with Gasteiger partial charge in [0.05, 0.1) is 13.2 Å². The van der Waals surface area contributed by atoms with Crippen molar-refractivity contribution < 1.29 is 23.7 Å². The summed E-state index contributed by atoms with van der Waals surface area (Å²) in [6, 6.07) is 22.9. The molecule has 35 heavy (non-hydrogen) atoms. The van der Waals surface area contributed by atoms with Crippen LogP contribution in [0.4, 0.5) is 0 Å². The third-order valence-electron chi connectivity index (χ3n) is 6.21. The Labute approximate surface area is 206 Å². The molecule has 3 unspecified atom stereocenters. The summed E-state index contributed by atoms with van der Waals surface area (Å²) in [5, 5.41) is 0. The molecule has 3 atom stereocenters. The van der Waals surface area contributed by atoms with Gasteiger partial charge >= 0.3 is 0 Å². The average Bonchev–Trinajstić information content (AvgIpc) is 2.91. The number of benzene rings is 2. The van der Waals surface area contributed by atoms with Crippen LogP contribution in [0.15, 0.2) is 83.8 Å². The highest BCUT2D eigenvalue weighted by atomic mass is 16.7. The Morgan fingerprint density at radius 1 is 1.03 bits per heavy atom. The number of hydrogen-bond acceptors (Lipinski definition) is 6. The first-order valence-corrected chi connectivity index (χ1v) is 11.9. The Bertz CT molecular complexity index is 1090.